The lowest BCUT2D eigenvalue weighted by Crippen LogP contribution is -2.43. The van der Waals surface area contributed by atoms with E-state index in [0.717, 1.165) is 5.56 Å². The maximum atomic E-state index is 12.4. The van der Waals surface area contributed by atoms with Gasteiger partial charge in [-0.05, 0) is 37.5 Å². The van der Waals surface area contributed by atoms with Gasteiger partial charge in [0.15, 0.2) is 11.8 Å². The number of aryl methyl sites for hydroxylation is 1. The minimum atomic E-state index is -0.882. The minimum absolute atomic E-state index is 0.184. The zero-order valence-corrected chi connectivity index (χ0v) is 11.3. The van der Waals surface area contributed by atoms with Crippen LogP contribution in [0.3, 0.4) is 0 Å². The second-order valence-electron chi connectivity index (χ2n) is 4.67. The number of benzene rings is 1. The molecule has 1 aromatic rings. The molecular formula is C13H15ClN2O3. The van der Waals surface area contributed by atoms with Crippen molar-refractivity contribution >= 4 is 29.2 Å². The lowest BCUT2D eigenvalue weighted by molar-refractivity contribution is 0.0913. The van der Waals surface area contributed by atoms with Crippen molar-refractivity contribution in [3.05, 3.63) is 29.3 Å². The third-order valence-corrected chi connectivity index (χ3v) is 3.27. The molecule has 1 aliphatic carbocycles. The van der Waals surface area contributed by atoms with Gasteiger partial charge >= 0.3 is 6.09 Å². The highest BCUT2D eigenvalue weighted by Crippen LogP contribution is 2.39. The molecule has 0 atom stereocenters. The number of Topliss-reactive ketones (excluding diaryl/α,β-unsaturated/α-hetero) is 1. The normalized spacial score (nSPS) is 15.7. The summed E-state index contributed by atoms with van der Waals surface area (Å²) in [4.78, 5) is 23.8. The van der Waals surface area contributed by atoms with Crippen LogP contribution in [-0.2, 0) is 4.74 Å². The number of carbonyl (C=O) groups is 2. The van der Waals surface area contributed by atoms with Crippen molar-refractivity contribution in [2.75, 3.05) is 11.8 Å². The molecule has 0 spiro atoms. The van der Waals surface area contributed by atoms with Crippen LogP contribution in [0.5, 0.6) is 0 Å². The van der Waals surface area contributed by atoms with Gasteiger partial charge in [-0.1, -0.05) is 17.7 Å². The molecule has 102 valence electrons. The Morgan fingerprint density at radius 1 is 1.47 bits per heavy atom. The molecule has 0 saturated heterocycles. The summed E-state index contributed by atoms with van der Waals surface area (Å²) in [7, 11) is 0. The minimum Gasteiger partial charge on any atom is -0.433 e. The monoisotopic (exact) mass is 282 g/mol. The summed E-state index contributed by atoms with van der Waals surface area (Å²) in [6.45, 7) is 1.90. The topological polar surface area (TPSA) is 81.4 Å². The van der Waals surface area contributed by atoms with E-state index >= 15 is 0 Å². The number of hydrogen-bond acceptors (Lipinski definition) is 4. The summed E-state index contributed by atoms with van der Waals surface area (Å²) in [6.07, 6.45) is 0.471. The van der Waals surface area contributed by atoms with Crippen molar-refractivity contribution in [2.45, 2.75) is 25.3 Å². The van der Waals surface area contributed by atoms with E-state index in [1.165, 1.54) is 0 Å². The quantitative estimate of drug-likeness (QED) is 0.504. The van der Waals surface area contributed by atoms with Crippen LogP contribution in [0.2, 0.25) is 0 Å². The summed E-state index contributed by atoms with van der Waals surface area (Å²) in [5.74, 6) is -0.184. The third kappa shape index (κ3) is 2.81. The van der Waals surface area contributed by atoms with Crippen molar-refractivity contribution in [2.24, 2.45) is 0 Å². The van der Waals surface area contributed by atoms with Gasteiger partial charge in [-0.2, -0.15) is 0 Å². The smallest absolute Gasteiger partial charge is 0.409 e. The zero-order valence-electron chi connectivity index (χ0n) is 10.5. The molecule has 6 heteroatoms. The first-order valence-electron chi connectivity index (χ1n) is 5.90. The molecule has 1 aromatic carbocycles. The van der Waals surface area contributed by atoms with Crippen molar-refractivity contribution < 1.29 is 14.3 Å². The van der Waals surface area contributed by atoms with Crippen LogP contribution in [0, 0.1) is 6.92 Å². The second kappa shape index (κ2) is 5.09. The van der Waals surface area contributed by atoms with Crippen molar-refractivity contribution in [3.8, 4) is 0 Å². The Labute approximate surface area is 116 Å². The molecule has 5 nitrogen and oxygen atoms in total. The molecule has 1 fully saturated rings. The van der Waals surface area contributed by atoms with Gasteiger partial charge in [0.2, 0.25) is 0 Å². The number of anilines is 1. The zero-order chi connectivity index (χ0) is 14.0. The van der Waals surface area contributed by atoms with Gasteiger partial charge in [0.1, 0.15) is 5.54 Å². The lowest BCUT2D eigenvalue weighted by atomic mass is 9.99. The Morgan fingerprint density at radius 2 is 2.16 bits per heavy atom. The number of halogens is 1. The number of alkyl halides is 1. The Hall–Kier alpha value is -1.75. The Bertz CT molecular complexity index is 527. The first-order valence-corrected chi connectivity index (χ1v) is 6.44. The van der Waals surface area contributed by atoms with E-state index in [0.29, 0.717) is 24.1 Å². The molecule has 3 N–H and O–H groups in total. The first-order chi connectivity index (χ1) is 8.98. The number of nitrogens with two attached hydrogens (primary N) is 1. The van der Waals surface area contributed by atoms with Crippen LogP contribution in [0.25, 0.3) is 0 Å². The molecular weight excluding hydrogens is 268 g/mol. The number of ether oxygens (including phenoxy) is 1. The van der Waals surface area contributed by atoms with E-state index < -0.39 is 11.6 Å². The number of nitrogen functional groups attached to an aromatic ring is 1. The van der Waals surface area contributed by atoms with Gasteiger partial charge in [0.25, 0.3) is 0 Å². The largest absolute Gasteiger partial charge is 0.433 e. The molecule has 0 unspecified atom stereocenters. The maximum Gasteiger partial charge on any atom is 0.409 e. The fraction of sp³-hybridized carbons (Fsp3) is 0.385. The van der Waals surface area contributed by atoms with Crippen LogP contribution in [0.4, 0.5) is 10.5 Å². The summed E-state index contributed by atoms with van der Waals surface area (Å²) < 4.78 is 4.59. The molecule has 0 aliphatic heterocycles. The molecule has 1 amide bonds. The molecule has 2 rings (SSSR count). The number of carbonyl (C=O) groups excluding carboxylic acids is 2. The van der Waals surface area contributed by atoms with Gasteiger partial charge in [0.05, 0.1) is 0 Å². The summed E-state index contributed by atoms with van der Waals surface area (Å²) in [6, 6.07) is 4.99. The number of amides is 1. The highest BCUT2D eigenvalue weighted by Gasteiger charge is 2.52. The SMILES string of the molecule is Cc1ccc(C(=O)C2(NC(=O)OCCl)CC2)c(N)c1. The molecule has 0 heterocycles. The molecule has 0 bridgehead atoms. The maximum absolute atomic E-state index is 12.4. The summed E-state index contributed by atoms with van der Waals surface area (Å²) in [5, 5.41) is 2.56. The molecule has 1 saturated carbocycles. The summed E-state index contributed by atoms with van der Waals surface area (Å²) >= 11 is 5.30. The van der Waals surface area contributed by atoms with Gasteiger partial charge in [-0.15, -0.1) is 0 Å². The van der Waals surface area contributed by atoms with E-state index in [1.54, 1.807) is 12.1 Å². The number of alkyl carbamates (subject to hydrolysis) is 1. The van der Waals surface area contributed by atoms with E-state index in [-0.39, 0.29) is 11.8 Å². The average Bonchev–Trinajstić information content (AvgIpc) is 3.09. The van der Waals surface area contributed by atoms with Crippen molar-refractivity contribution in [1.29, 1.82) is 0 Å². The highest BCUT2D eigenvalue weighted by atomic mass is 35.5. The fourth-order valence-electron chi connectivity index (χ4n) is 1.96. The van der Waals surface area contributed by atoms with E-state index in [2.05, 4.69) is 10.1 Å². The number of rotatable bonds is 4. The number of ketones is 1. The highest BCUT2D eigenvalue weighted by molar-refractivity contribution is 6.17. The van der Waals surface area contributed by atoms with E-state index in [1.807, 2.05) is 13.0 Å². The van der Waals surface area contributed by atoms with Gasteiger partial charge in [-0.3, -0.25) is 4.79 Å². The summed E-state index contributed by atoms with van der Waals surface area (Å²) in [5.41, 5.74) is 6.79. The molecule has 19 heavy (non-hydrogen) atoms. The standard InChI is InChI=1S/C13H15ClN2O3/c1-8-2-3-9(10(15)6-8)11(17)13(4-5-13)16-12(18)19-7-14/h2-3,6H,4-5,7,15H2,1H3,(H,16,18). The van der Waals surface area contributed by atoms with Gasteiger partial charge < -0.3 is 15.8 Å². The Balaban J connectivity index is 2.17. The molecule has 0 radical (unpaired) electrons. The van der Waals surface area contributed by atoms with E-state index in [9.17, 15) is 9.59 Å². The van der Waals surface area contributed by atoms with Gasteiger partial charge in [0, 0.05) is 11.3 Å². The lowest BCUT2D eigenvalue weighted by Gasteiger charge is -2.16. The third-order valence-electron chi connectivity index (χ3n) is 3.16. The number of hydrogen-bond donors (Lipinski definition) is 2. The Kier molecular flexibility index (Phi) is 3.66. The molecule has 0 aromatic heterocycles. The van der Waals surface area contributed by atoms with Crippen LogP contribution >= 0.6 is 11.6 Å². The van der Waals surface area contributed by atoms with Crippen molar-refractivity contribution in [1.82, 2.24) is 5.32 Å². The van der Waals surface area contributed by atoms with Crippen LogP contribution in [0.15, 0.2) is 18.2 Å². The molecule has 1 aliphatic rings. The van der Waals surface area contributed by atoms with Crippen LogP contribution in [0.1, 0.15) is 28.8 Å². The van der Waals surface area contributed by atoms with E-state index in [4.69, 9.17) is 17.3 Å². The average molecular weight is 283 g/mol. The van der Waals surface area contributed by atoms with Crippen molar-refractivity contribution in [3.63, 3.8) is 0 Å². The van der Waals surface area contributed by atoms with Crippen LogP contribution < -0.4 is 11.1 Å². The predicted octanol–water partition coefficient (Wildman–Crippen LogP) is 2.22. The fourth-order valence-corrected chi connectivity index (χ4v) is 2.06. The predicted molar refractivity (Wildman–Crippen MR) is 72.2 cm³/mol. The first kappa shape index (κ1) is 13.7. The van der Waals surface area contributed by atoms with Gasteiger partial charge in [-0.25, -0.2) is 4.79 Å². The number of nitrogens with one attached hydrogen (secondary N) is 1. The Morgan fingerprint density at radius 3 is 2.68 bits per heavy atom. The second-order valence-corrected chi connectivity index (χ2v) is 4.89. The van der Waals surface area contributed by atoms with Crippen LogP contribution in [-0.4, -0.2) is 23.5 Å².